The molecule has 6 nitrogen and oxygen atoms in total. The summed E-state index contributed by atoms with van der Waals surface area (Å²) in [6.07, 6.45) is -0.611. The van der Waals surface area contributed by atoms with Gasteiger partial charge < -0.3 is 4.74 Å². The van der Waals surface area contributed by atoms with Crippen LogP contribution in [0.3, 0.4) is 0 Å². The molecular formula is C11H16N2O4S. The molecule has 0 atom stereocenters. The summed E-state index contributed by atoms with van der Waals surface area (Å²) in [7, 11) is -2.20. The van der Waals surface area contributed by atoms with Gasteiger partial charge in [0.25, 0.3) is 0 Å². The minimum absolute atomic E-state index is 0.0856. The van der Waals surface area contributed by atoms with Gasteiger partial charge in [-0.05, 0) is 38.6 Å². The van der Waals surface area contributed by atoms with Gasteiger partial charge in [-0.1, -0.05) is 6.07 Å². The molecule has 0 aliphatic heterocycles. The first-order valence-electron chi connectivity index (χ1n) is 5.38. The van der Waals surface area contributed by atoms with E-state index in [0.717, 1.165) is 5.56 Å². The molecule has 0 heterocycles. The van der Waals surface area contributed by atoms with Crippen LogP contribution in [0.1, 0.15) is 12.5 Å². The van der Waals surface area contributed by atoms with Gasteiger partial charge in [0.1, 0.15) is 0 Å². The van der Waals surface area contributed by atoms with Crippen molar-refractivity contribution >= 4 is 21.8 Å². The second kappa shape index (κ2) is 5.83. The van der Waals surface area contributed by atoms with Crippen LogP contribution in [0.5, 0.6) is 0 Å². The van der Waals surface area contributed by atoms with Crippen LogP contribution in [-0.2, 0) is 14.8 Å². The van der Waals surface area contributed by atoms with E-state index >= 15 is 0 Å². The normalized spacial score (nSPS) is 11.1. The van der Waals surface area contributed by atoms with Crippen molar-refractivity contribution in [2.75, 3.05) is 19.0 Å². The van der Waals surface area contributed by atoms with Crippen molar-refractivity contribution in [3.05, 3.63) is 23.8 Å². The third-order valence-electron chi connectivity index (χ3n) is 2.30. The maximum atomic E-state index is 11.6. The van der Waals surface area contributed by atoms with Crippen LogP contribution >= 0.6 is 0 Å². The van der Waals surface area contributed by atoms with Crippen molar-refractivity contribution < 1.29 is 17.9 Å². The molecule has 0 unspecified atom stereocenters. The Hall–Kier alpha value is -1.60. The van der Waals surface area contributed by atoms with Crippen molar-refractivity contribution in [3.63, 3.8) is 0 Å². The Balaban J connectivity index is 3.06. The summed E-state index contributed by atoms with van der Waals surface area (Å²) in [5, 5.41) is 2.49. The molecule has 100 valence electrons. The highest BCUT2D eigenvalue weighted by molar-refractivity contribution is 7.89. The number of ether oxygens (including phenoxy) is 1. The van der Waals surface area contributed by atoms with E-state index in [1.165, 1.54) is 19.2 Å². The van der Waals surface area contributed by atoms with Crippen molar-refractivity contribution in [1.82, 2.24) is 4.72 Å². The van der Waals surface area contributed by atoms with E-state index in [2.05, 4.69) is 10.0 Å². The third-order valence-corrected chi connectivity index (χ3v) is 3.71. The number of anilines is 1. The molecule has 0 spiro atoms. The molecule has 0 saturated heterocycles. The zero-order valence-corrected chi connectivity index (χ0v) is 11.3. The fraction of sp³-hybridized carbons (Fsp3) is 0.364. The molecule has 0 radical (unpaired) electrons. The Labute approximate surface area is 106 Å². The standard InChI is InChI=1S/C11H16N2O4S/c1-4-17-11(14)13-10-7-9(6-5-8(10)2)18(15,16)12-3/h5-7,12H,4H2,1-3H3,(H,13,14). The molecule has 1 aromatic rings. The Morgan fingerprint density at radius 3 is 2.61 bits per heavy atom. The summed E-state index contributed by atoms with van der Waals surface area (Å²) in [5.74, 6) is 0. The summed E-state index contributed by atoms with van der Waals surface area (Å²) < 4.78 is 30.2. The van der Waals surface area contributed by atoms with E-state index in [1.54, 1.807) is 19.9 Å². The first kappa shape index (κ1) is 14.5. The molecule has 1 aromatic carbocycles. The molecule has 7 heteroatoms. The number of nitrogens with one attached hydrogen (secondary N) is 2. The van der Waals surface area contributed by atoms with Crippen molar-refractivity contribution in [3.8, 4) is 0 Å². The Morgan fingerprint density at radius 1 is 1.39 bits per heavy atom. The van der Waals surface area contributed by atoms with Crippen LogP contribution in [0.2, 0.25) is 0 Å². The summed E-state index contributed by atoms with van der Waals surface area (Å²) in [5.41, 5.74) is 1.16. The largest absolute Gasteiger partial charge is 0.450 e. The minimum Gasteiger partial charge on any atom is -0.450 e. The number of hydrogen-bond acceptors (Lipinski definition) is 4. The fourth-order valence-corrected chi connectivity index (χ4v) is 2.05. The van der Waals surface area contributed by atoms with Crippen molar-refractivity contribution in [1.29, 1.82) is 0 Å². The van der Waals surface area contributed by atoms with Crippen LogP contribution in [0.25, 0.3) is 0 Å². The van der Waals surface area contributed by atoms with Crippen LogP contribution < -0.4 is 10.0 Å². The number of rotatable bonds is 4. The van der Waals surface area contributed by atoms with Crippen LogP contribution in [0, 0.1) is 6.92 Å². The summed E-state index contributed by atoms with van der Waals surface area (Å²) in [4.78, 5) is 11.4. The van der Waals surface area contributed by atoms with Gasteiger partial charge in [0.05, 0.1) is 11.5 Å². The molecule has 0 fully saturated rings. The Kier molecular flexibility index (Phi) is 4.69. The van der Waals surface area contributed by atoms with Gasteiger partial charge >= 0.3 is 6.09 Å². The van der Waals surface area contributed by atoms with Gasteiger partial charge in [-0.15, -0.1) is 0 Å². The number of amides is 1. The van der Waals surface area contributed by atoms with Gasteiger partial charge in [-0.2, -0.15) is 0 Å². The number of aryl methyl sites for hydroxylation is 1. The minimum atomic E-state index is -3.53. The molecule has 18 heavy (non-hydrogen) atoms. The van der Waals surface area contributed by atoms with Gasteiger partial charge in [-0.25, -0.2) is 17.9 Å². The van der Waals surface area contributed by atoms with Gasteiger partial charge in [-0.3, -0.25) is 5.32 Å². The molecular weight excluding hydrogens is 256 g/mol. The van der Waals surface area contributed by atoms with Gasteiger partial charge in [0, 0.05) is 5.69 Å². The lowest BCUT2D eigenvalue weighted by atomic mass is 10.2. The Morgan fingerprint density at radius 2 is 2.06 bits per heavy atom. The van der Waals surface area contributed by atoms with Crippen LogP contribution in [0.15, 0.2) is 23.1 Å². The first-order valence-corrected chi connectivity index (χ1v) is 6.87. The van der Waals surface area contributed by atoms with E-state index in [-0.39, 0.29) is 11.5 Å². The summed E-state index contributed by atoms with van der Waals surface area (Å²) in [6.45, 7) is 3.70. The third kappa shape index (κ3) is 3.44. The zero-order valence-electron chi connectivity index (χ0n) is 10.5. The predicted octanol–water partition coefficient (Wildman–Crippen LogP) is 1.47. The number of sulfonamides is 1. The average molecular weight is 272 g/mol. The van der Waals surface area contributed by atoms with E-state index in [1.807, 2.05) is 0 Å². The van der Waals surface area contributed by atoms with Crippen molar-refractivity contribution in [2.24, 2.45) is 0 Å². The van der Waals surface area contributed by atoms with Gasteiger partial charge in [0.2, 0.25) is 10.0 Å². The highest BCUT2D eigenvalue weighted by Gasteiger charge is 2.14. The maximum absolute atomic E-state index is 11.6. The Bertz CT molecular complexity index is 540. The predicted molar refractivity (Wildman–Crippen MR) is 68.1 cm³/mol. The lowest BCUT2D eigenvalue weighted by Gasteiger charge is -2.10. The SMILES string of the molecule is CCOC(=O)Nc1cc(S(=O)(=O)NC)ccc1C. The zero-order chi connectivity index (χ0) is 13.8. The van der Waals surface area contributed by atoms with E-state index < -0.39 is 16.1 Å². The highest BCUT2D eigenvalue weighted by Crippen LogP contribution is 2.20. The number of carbonyl (C=O) groups excluding carboxylic acids is 1. The number of benzene rings is 1. The summed E-state index contributed by atoms with van der Waals surface area (Å²) in [6, 6.07) is 4.47. The fourth-order valence-electron chi connectivity index (χ4n) is 1.30. The molecule has 1 rings (SSSR count). The smallest absolute Gasteiger partial charge is 0.411 e. The van der Waals surface area contributed by atoms with Crippen LogP contribution in [0.4, 0.5) is 10.5 Å². The van der Waals surface area contributed by atoms with E-state index in [0.29, 0.717) is 5.69 Å². The van der Waals surface area contributed by atoms with Crippen LogP contribution in [-0.4, -0.2) is 28.2 Å². The molecule has 2 N–H and O–H groups in total. The quantitative estimate of drug-likeness (QED) is 0.869. The maximum Gasteiger partial charge on any atom is 0.411 e. The molecule has 0 saturated carbocycles. The molecule has 0 aliphatic carbocycles. The second-order valence-corrected chi connectivity index (χ2v) is 5.42. The molecule has 0 bridgehead atoms. The first-order chi connectivity index (χ1) is 8.40. The topological polar surface area (TPSA) is 84.5 Å². The monoisotopic (exact) mass is 272 g/mol. The molecule has 0 aromatic heterocycles. The van der Waals surface area contributed by atoms with Gasteiger partial charge in [0.15, 0.2) is 0 Å². The highest BCUT2D eigenvalue weighted by atomic mass is 32.2. The van der Waals surface area contributed by atoms with E-state index in [9.17, 15) is 13.2 Å². The molecule has 1 amide bonds. The van der Waals surface area contributed by atoms with Crippen molar-refractivity contribution in [2.45, 2.75) is 18.7 Å². The number of carbonyl (C=O) groups is 1. The lowest BCUT2D eigenvalue weighted by molar-refractivity contribution is 0.168. The number of hydrogen-bond donors (Lipinski definition) is 2. The van der Waals surface area contributed by atoms with E-state index in [4.69, 9.17) is 4.74 Å². The second-order valence-electron chi connectivity index (χ2n) is 3.53. The summed E-state index contributed by atoms with van der Waals surface area (Å²) >= 11 is 0. The average Bonchev–Trinajstić information content (AvgIpc) is 2.32. The molecule has 0 aliphatic rings. The lowest BCUT2D eigenvalue weighted by Crippen LogP contribution is -2.19.